The minimum Gasteiger partial charge on any atom is -0.333 e. The van der Waals surface area contributed by atoms with Gasteiger partial charge >= 0.3 is 0 Å². The van der Waals surface area contributed by atoms with Gasteiger partial charge in [-0.05, 0) is 30.7 Å². The number of amides is 1. The summed E-state index contributed by atoms with van der Waals surface area (Å²) in [5.74, 6) is -0.114. The molecule has 0 saturated heterocycles. The molecule has 0 aliphatic rings. The first kappa shape index (κ1) is 12.1. The van der Waals surface area contributed by atoms with Crippen molar-refractivity contribution in [2.24, 2.45) is 0 Å². The van der Waals surface area contributed by atoms with Crippen molar-refractivity contribution in [2.45, 2.75) is 13.5 Å². The molecule has 18 heavy (non-hydrogen) atoms. The molecule has 4 heteroatoms. The molecule has 0 spiro atoms. The quantitative estimate of drug-likeness (QED) is 0.836. The van der Waals surface area contributed by atoms with Gasteiger partial charge < -0.3 is 9.88 Å². The fraction of sp³-hybridized carbons (Fsp3) is 0.143. The van der Waals surface area contributed by atoms with Crippen LogP contribution in [0.5, 0.6) is 0 Å². The van der Waals surface area contributed by atoms with Gasteiger partial charge in [-0.1, -0.05) is 18.2 Å². The highest BCUT2D eigenvalue weighted by atomic mass is 16.1. The van der Waals surface area contributed by atoms with Crippen molar-refractivity contribution in [3.8, 4) is 0 Å². The highest BCUT2D eigenvalue weighted by Gasteiger charge is 1.99. The Bertz CT molecular complexity index is 544. The van der Waals surface area contributed by atoms with Crippen LogP contribution in [0.1, 0.15) is 12.5 Å². The predicted octanol–water partition coefficient (Wildman–Crippen LogP) is 2.45. The number of aromatic nitrogens is 2. The molecule has 0 unspecified atom stereocenters. The van der Waals surface area contributed by atoms with Crippen molar-refractivity contribution in [3.63, 3.8) is 0 Å². The molecule has 1 aromatic carbocycles. The number of benzene rings is 1. The van der Waals surface area contributed by atoms with Crippen LogP contribution in [0.4, 0.5) is 5.69 Å². The molecule has 2 aromatic rings. The first-order chi connectivity index (χ1) is 8.78. The van der Waals surface area contributed by atoms with Gasteiger partial charge in [-0.2, -0.15) is 0 Å². The van der Waals surface area contributed by atoms with Gasteiger partial charge in [-0.25, -0.2) is 4.98 Å². The van der Waals surface area contributed by atoms with E-state index in [1.54, 1.807) is 18.6 Å². The number of nitrogens with one attached hydrogen (secondary N) is 1. The van der Waals surface area contributed by atoms with Gasteiger partial charge in [-0.15, -0.1) is 0 Å². The van der Waals surface area contributed by atoms with E-state index in [1.165, 1.54) is 6.08 Å². The van der Waals surface area contributed by atoms with E-state index in [9.17, 15) is 4.79 Å². The fourth-order valence-electron chi connectivity index (χ4n) is 1.67. The number of nitrogens with zero attached hydrogens (tertiary/aromatic N) is 2. The number of hydrogen-bond donors (Lipinski definition) is 1. The topological polar surface area (TPSA) is 46.9 Å². The van der Waals surface area contributed by atoms with Gasteiger partial charge in [0.1, 0.15) is 0 Å². The Kier molecular flexibility index (Phi) is 3.91. The Morgan fingerprint density at radius 2 is 2.39 bits per heavy atom. The van der Waals surface area contributed by atoms with Gasteiger partial charge in [0, 0.05) is 24.6 Å². The SMILES string of the molecule is C/C=C/C(=O)Nc1cccc(Cn2ccnc2)c1. The molecule has 1 heterocycles. The Morgan fingerprint density at radius 3 is 3.11 bits per heavy atom. The van der Waals surface area contributed by atoms with Crippen LogP contribution < -0.4 is 5.32 Å². The summed E-state index contributed by atoms with van der Waals surface area (Å²) in [6.45, 7) is 2.56. The number of anilines is 1. The van der Waals surface area contributed by atoms with Gasteiger partial charge in [0.15, 0.2) is 0 Å². The Hall–Kier alpha value is -2.36. The average molecular weight is 241 g/mol. The molecule has 1 amide bonds. The summed E-state index contributed by atoms with van der Waals surface area (Å²) in [5, 5.41) is 2.81. The summed E-state index contributed by atoms with van der Waals surface area (Å²) in [6.07, 6.45) is 8.64. The normalized spacial score (nSPS) is 10.7. The number of allylic oxidation sites excluding steroid dienone is 1. The minimum atomic E-state index is -0.114. The standard InChI is InChI=1S/C14H15N3O/c1-2-4-14(18)16-13-6-3-5-12(9-13)10-17-8-7-15-11-17/h2-9,11H,10H2,1H3,(H,16,18)/b4-2+. The van der Waals surface area contributed by atoms with Crippen molar-refractivity contribution in [3.05, 3.63) is 60.7 Å². The zero-order chi connectivity index (χ0) is 12.8. The predicted molar refractivity (Wildman–Crippen MR) is 71.2 cm³/mol. The number of imidazole rings is 1. The van der Waals surface area contributed by atoms with Crippen molar-refractivity contribution >= 4 is 11.6 Å². The Labute approximate surface area is 106 Å². The van der Waals surface area contributed by atoms with E-state index in [1.807, 2.05) is 42.0 Å². The molecule has 0 aliphatic heterocycles. The molecule has 0 radical (unpaired) electrons. The zero-order valence-electron chi connectivity index (χ0n) is 10.2. The van der Waals surface area contributed by atoms with E-state index in [0.29, 0.717) is 0 Å². The summed E-state index contributed by atoms with van der Waals surface area (Å²) >= 11 is 0. The highest BCUT2D eigenvalue weighted by molar-refractivity contribution is 5.99. The maximum atomic E-state index is 11.4. The van der Waals surface area contributed by atoms with Crippen molar-refractivity contribution in [1.82, 2.24) is 9.55 Å². The molecule has 0 fully saturated rings. The van der Waals surface area contributed by atoms with Crippen molar-refractivity contribution in [1.29, 1.82) is 0 Å². The summed E-state index contributed by atoms with van der Waals surface area (Å²) in [7, 11) is 0. The lowest BCUT2D eigenvalue weighted by Crippen LogP contribution is -2.08. The third-order valence-corrected chi connectivity index (χ3v) is 2.44. The minimum absolute atomic E-state index is 0.114. The molecule has 0 saturated carbocycles. The molecule has 0 bridgehead atoms. The van der Waals surface area contributed by atoms with Crippen LogP contribution in [0.25, 0.3) is 0 Å². The van der Waals surface area contributed by atoms with Crippen molar-refractivity contribution < 1.29 is 4.79 Å². The van der Waals surface area contributed by atoms with E-state index < -0.39 is 0 Å². The third kappa shape index (κ3) is 3.31. The molecule has 1 N–H and O–H groups in total. The number of carbonyl (C=O) groups is 1. The fourth-order valence-corrected chi connectivity index (χ4v) is 1.67. The van der Waals surface area contributed by atoms with E-state index in [4.69, 9.17) is 0 Å². The zero-order valence-corrected chi connectivity index (χ0v) is 10.2. The van der Waals surface area contributed by atoms with Crippen molar-refractivity contribution in [2.75, 3.05) is 5.32 Å². The van der Waals surface area contributed by atoms with Gasteiger partial charge in [0.2, 0.25) is 5.91 Å². The summed E-state index contributed by atoms with van der Waals surface area (Å²) in [5.41, 5.74) is 1.92. The lowest BCUT2D eigenvalue weighted by atomic mass is 10.2. The average Bonchev–Trinajstić information content (AvgIpc) is 2.82. The summed E-state index contributed by atoms with van der Waals surface area (Å²) in [6, 6.07) is 7.78. The lowest BCUT2D eigenvalue weighted by molar-refractivity contribution is -0.111. The molecule has 0 atom stereocenters. The largest absolute Gasteiger partial charge is 0.333 e. The van der Waals surface area contributed by atoms with E-state index >= 15 is 0 Å². The molecular formula is C14H15N3O. The van der Waals surface area contributed by atoms with Crippen LogP contribution in [0.3, 0.4) is 0 Å². The second-order valence-corrected chi connectivity index (χ2v) is 3.92. The van der Waals surface area contributed by atoms with Crippen LogP contribution in [-0.2, 0) is 11.3 Å². The molecule has 4 nitrogen and oxygen atoms in total. The lowest BCUT2D eigenvalue weighted by Gasteiger charge is -2.06. The van der Waals surface area contributed by atoms with E-state index in [-0.39, 0.29) is 5.91 Å². The smallest absolute Gasteiger partial charge is 0.248 e. The van der Waals surface area contributed by atoms with Gasteiger partial charge in [0.05, 0.1) is 6.33 Å². The number of rotatable bonds is 4. The molecule has 92 valence electrons. The highest BCUT2D eigenvalue weighted by Crippen LogP contribution is 2.12. The number of carbonyl (C=O) groups excluding carboxylic acids is 1. The Morgan fingerprint density at radius 1 is 1.50 bits per heavy atom. The third-order valence-electron chi connectivity index (χ3n) is 2.44. The summed E-state index contributed by atoms with van der Waals surface area (Å²) in [4.78, 5) is 15.4. The first-order valence-corrected chi connectivity index (χ1v) is 5.76. The molecule has 0 aliphatic carbocycles. The Balaban J connectivity index is 2.07. The second-order valence-electron chi connectivity index (χ2n) is 3.92. The van der Waals surface area contributed by atoms with Gasteiger partial charge in [-0.3, -0.25) is 4.79 Å². The molecular weight excluding hydrogens is 226 g/mol. The monoisotopic (exact) mass is 241 g/mol. The van der Waals surface area contributed by atoms with Crippen LogP contribution in [-0.4, -0.2) is 15.5 Å². The van der Waals surface area contributed by atoms with E-state index in [2.05, 4.69) is 10.3 Å². The van der Waals surface area contributed by atoms with Crippen LogP contribution in [0.15, 0.2) is 55.1 Å². The first-order valence-electron chi connectivity index (χ1n) is 5.76. The maximum Gasteiger partial charge on any atom is 0.248 e. The molecule has 2 rings (SSSR count). The van der Waals surface area contributed by atoms with E-state index in [0.717, 1.165) is 17.8 Å². The molecule has 1 aromatic heterocycles. The number of hydrogen-bond acceptors (Lipinski definition) is 2. The van der Waals surface area contributed by atoms with Gasteiger partial charge in [0.25, 0.3) is 0 Å². The van der Waals surface area contributed by atoms with Crippen LogP contribution in [0.2, 0.25) is 0 Å². The maximum absolute atomic E-state index is 11.4. The van der Waals surface area contributed by atoms with Crippen LogP contribution >= 0.6 is 0 Å². The van der Waals surface area contributed by atoms with Crippen LogP contribution in [0, 0.1) is 0 Å². The summed E-state index contributed by atoms with van der Waals surface area (Å²) < 4.78 is 1.98. The second kappa shape index (κ2) is 5.82.